The monoisotopic (exact) mass is 220 g/mol. The van der Waals surface area contributed by atoms with Gasteiger partial charge in [0.1, 0.15) is 11.9 Å². The van der Waals surface area contributed by atoms with E-state index in [1.165, 1.54) is 0 Å². The number of benzene rings is 1. The van der Waals surface area contributed by atoms with Crippen LogP contribution in [-0.4, -0.2) is 13.1 Å². The van der Waals surface area contributed by atoms with Crippen LogP contribution in [0.15, 0.2) is 24.3 Å². The molecule has 2 rings (SSSR count). The summed E-state index contributed by atoms with van der Waals surface area (Å²) in [6, 6.07) is 7.73. The van der Waals surface area contributed by atoms with Crippen molar-refractivity contribution >= 4 is 5.97 Å². The first-order valence-corrected chi connectivity index (χ1v) is 5.63. The minimum Gasteiger partial charge on any atom is -0.497 e. The molecule has 1 saturated heterocycles. The molecule has 86 valence electrons. The molecule has 1 aliphatic heterocycles. The fourth-order valence-corrected chi connectivity index (χ4v) is 1.95. The third-order valence-electron chi connectivity index (χ3n) is 2.84. The number of ether oxygens (including phenoxy) is 2. The minimum absolute atomic E-state index is 0.0923. The Morgan fingerprint density at radius 3 is 3.06 bits per heavy atom. The van der Waals surface area contributed by atoms with E-state index in [-0.39, 0.29) is 12.1 Å². The number of carbonyl (C=O) groups excluding carboxylic acids is 1. The third-order valence-corrected chi connectivity index (χ3v) is 2.84. The molecule has 0 radical (unpaired) electrons. The highest BCUT2D eigenvalue weighted by Gasteiger charge is 2.20. The van der Waals surface area contributed by atoms with Crippen LogP contribution in [-0.2, 0) is 9.53 Å². The van der Waals surface area contributed by atoms with Crippen LogP contribution < -0.4 is 4.74 Å². The molecule has 0 saturated carbocycles. The number of esters is 1. The molecule has 16 heavy (non-hydrogen) atoms. The van der Waals surface area contributed by atoms with Crippen molar-refractivity contribution in [1.82, 2.24) is 0 Å². The van der Waals surface area contributed by atoms with Crippen LogP contribution in [0.4, 0.5) is 0 Å². The maximum atomic E-state index is 11.4. The summed E-state index contributed by atoms with van der Waals surface area (Å²) in [5.74, 6) is 0.711. The van der Waals surface area contributed by atoms with E-state index < -0.39 is 0 Å². The van der Waals surface area contributed by atoms with Crippen LogP contribution in [0.5, 0.6) is 5.75 Å². The zero-order valence-corrected chi connectivity index (χ0v) is 9.44. The van der Waals surface area contributed by atoms with Crippen molar-refractivity contribution in [2.45, 2.75) is 31.8 Å². The molecule has 1 unspecified atom stereocenters. The Labute approximate surface area is 95.4 Å². The second-order valence-corrected chi connectivity index (χ2v) is 4.00. The van der Waals surface area contributed by atoms with E-state index in [2.05, 4.69) is 0 Å². The van der Waals surface area contributed by atoms with Gasteiger partial charge in [0.15, 0.2) is 0 Å². The summed E-state index contributed by atoms with van der Waals surface area (Å²) in [6.07, 6.45) is 3.30. The lowest BCUT2D eigenvalue weighted by Gasteiger charge is -2.15. The molecule has 1 aromatic carbocycles. The molecule has 0 spiro atoms. The number of hydrogen-bond donors (Lipinski definition) is 0. The normalized spacial score (nSPS) is 21.1. The van der Waals surface area contributed by atoms with E-state index in [0.29, 0.717) is 6.42 Å². The van der Waals surface area contributed by atoms with Gasteiger partial charge < -0.3 is 9.47 Å². The van der Waals surface area contributed by atoms with Gasteiger partial charge in [-0.2, -0.15) is 0 Å². The summed E-state index contributed by atoms with van der Waals surface area (Å²) in [6.45, 7) is 0. The predicted molar refractivity (Wildman–Crippen MR) is 60.3 cm³/mol. The van der Waals surface area contributed by atoms with Crippen molar-refractivity contribution in [2.24, 2.45) is 0 Å². The zero-order chi connectivity index (χ0) is 11.4. The van der Waals surface area contributed by atoms with Gasteiger partial charge in [-0.15, -0.1) is 0 Å². The molecule has 3 nitrogen and oxygen atoms in total. The van der Waals surface area contributed by atoms with Gasteiger partial charge in [-0.3, -0.25) is 4.79 Å². The predicted octanol–water partition coefficient (Wildman–Crippen LogP) is 2.85. The highest BCUT2D eigenvalue weighted by molar-refractivity contribution is 5.69. The molecule has 1 fully saturated rings. The van der Waals surface area contributed by atoms with Crippen molar-refractivity contribution in [2.75, 3.05) is 7.11 Å². The molecular formula is C13H16O3. The second kappa shape index (κ2) is 5.01. The molecule has 0 N–H and O–H groups in total. The minimum atomic E-state index is -0.106. The van der Waals surface area contributed by atoms with E-state index in [1.54, 1.807) is 7.11 Å². The molecule has 1 heterocycles. The van der Waals surface area contributed by atoms with Crippen molar-refractivity contribution in [3.63, 3.8) is 0 Å². The van der Waals surface area contributed by atoms with Crippen molar-refractivity contribution in [3.05, 3.63) is 29.8 Å². The fourth-order valence-electron chi connectivity index (χ4n) is 1.95. The largest absolute Gasteiger partial charge is 0.497 e. The topological polar surface area (TPSA) is 35.5 Å². The standard InChI is InChI=1S/C13H16O3/c1-15-11-6-4-5-10(9-11)12-7-2-3-8-13(14)16-12/h4-6,9,12H,2-3,7-8H2,1H3. The van der Waals surface area contributed by atoms with E-state index in [1.807, 2.05) is 24.3 Å². The van der Waals surface area contributed by atoms with Gasteiger partial charge in [-0.25, -0.2) is 0 Å². The second-order valence-electron chi connectivity index (χ2n) is 4.00. The van der Waals surface area contributed by atoms with Crippen LogP contribution in [0.2, 0.25) is 0 Å². The van der Waals surface area contributed by atoms with Crippen molar-refractivity contribution in [3.8, 4) is 5.75 Å². The smallest absolute Gasteiger partial charge is 0.306 e. The lowest BCUT2D eigenvalue weighted by molar-refractivity contribution is -0.148. The maximum Gasteiger partial charge on any atom is 0.306 e. The van der Waals surface area contributed by atoms with Gasteiger partial charge in [0, 0.05) is 6.42 Å². The quantitative estimate of drug-likeness (QED) is 0.719. The summed E-state index contributed by atoms with van der Waals surface area (Å²) in [5, 5.41) is 0. The Hall–Kier alpha value is -1.51. The lowest BCUT2D eigenvalue weighted by atomic mass is 10.0. The van der Waals surface area contributed by atoms with Gasteiger partial charge in [-0.1, -0.05) is 12.1 Å². The van der Waals surface area contributed by atoms with Crippen molar-refractivity contribution in [1.29, 1.82) is 0 Å². The molecular weight excluding hydrogens is 204 g/mol. The first kappa shape index (κ1) is 11.0. The Bertz CT molecular complexity index is 373. The molecule has 1 aliphatic rings. The summed E-state index contributed by atoms with van der Waals surface area (Å²) in [5.41, 5.74) is 1.02. The third kappa shape index (κ3) is 2.54. The highest BCUT2D eigenvalue weighted by Crippen LogP contribution is 2.29. The number of carbonyl (C=O) groups is 1. The van der Waals surface area contributed by atoms with Gasteiger partial charge in [0.25, 0.3) is 0 Å². The Balaban J connectivity index is 2.17. The lowest BCUT2D eigenvalue weighted by Crippen LogP contribution is -2.07. The Kier molecular flexibility index (Phi) is 3.44. The van der Waals surface area contributed by atoms with Crippen LogP contribution in [0.3, 0.4) is 0 Å². The fraction of sp³-hybridized carbons (Fsp3) is 0.462. The van der Waals surface area contributed by atoms with Crippen LogP contribution in [0, 0.1) is 0 Å². The number of methoxy groups -OCH3 is 1. The highest BCUT2D eigenvalue weighted by atomic mass is 16.5. The van der Waals surface area contributed by atoms with Gasteiger partial charge in [0.05, 0.1) is 7.11 Å². The average Bonchev–Trinajstić information content (AvgIpc) is 2.54. The molecule has 3 heteroatoms. The average molecular weight is 220 g/mol. The van der Waals surface area contributed by atoms with E-state index in [9.17, 15) is 4.79 Å². The summed E-state index contributed by atoms with van der Waals surface area (Å²) in [4.78, 5) is 11.4. The Morgan fingerprint density at radius 2 is 2.25 bits per heavy atom. The van der Waals surface area contributed by atoms with Gasteiger partial charge in [-0.05, 0) is 37.0 Å². The molecule has 0 amide bonds. The Morgan fingerprint density at radius 1 is 1.38 bits per heavy atom. The van der Waals surface area contributed by atoms with Crippen LogP contribution >= 0.6 is 0 Å². The van der Waals surface area contributed by atoms with E-state index in [0.717, 1.165) is 30.6 Å². The first-order valence-electron chi connectivity index (χ1n) is 5.63. The summed E-state index contributed by atoms with van der Waals surface area (Å²) in [7, 11) is 1.64. The molecule has 1 atom stereocenters. The first-order chi connectivity index (χ1) is 7.79. The SMILES string of the molecule is COc1cccc(C2CCCCC(=O)O2)c1. The van der Waals surface area contributed by atoms with Crippen LogP contribution in [0.1, 0.15) is 37.4 Å². The zero-order valence-electron chi connectivity index (χ0n) is 9.44. The molecule has 1 aromatic rings. The van der Waals surface area contributed by atoms with Crippen LogP contribution in [0.25, 0.3) is 0 Å². The number of cyclic esters (lactones) is 1. The van der Waals surface area contributed by atoms with Crippen molar-refractivity contribution < 1.29 is 14.3 Å². The maximum absolute atomic E-state index is 11.4. The number of rotatable bonds is 2. The van der Waals surface area contributed by atoms with Gasteiger partial charge >= 0.3 is 5.97 Å². The molecule has 0 aliphatic carbocycles. The van der Waals surface area contributed by atoms with Gasteiger partial charge in [0.2, 0.25) is 0 Å². The number of hydrogen-bond acceptors (Lipinski definition) is 3. The molecule has 0 bridgehead atoms. The summed E-state index contributed by atoms with van der Waals surface area (Å²) >= 11 is 0. The van der Waals surface area contributed by atoms with E-state index in [4.69, 9.17) is 9.47 Å². The summed E-state index contributed by atoms with van der Waals surface area (Å²) < 4.78 is 10.6. The van der Waals surface area contributed by atoms with E-state index >= 15 is 0 Å². The molecule has 0 aromatic heterocycles.